The van der Waals surface area contributed by atoms with Gasteiger partial charge in [0.15, 0.2) is 0 Å². The average Bonchev–Trinajstić information content (AvgIpc) is 3.41. The maximum absolute atomic E-state index is 11.3. The Morgan fingerprint density at radius 3 is 2.81 bits per heavy atom. The van der Waals surface area contributed by atoms with Crippen LogP contribution < -0.4 is 4.74 Å². The van der Waals surface area contributed by atoms with E-state index in [2.05, 4.69) is 42.0 Å². The molecule has 0 aliphatic heterocycles. The van der Waals surface area contributed by atoms with Gasteiger partial charge in [0, 0.05) is 11.5 Å². The molecule has 1 N–H and O–H groups in total. The number of hydrogen-bond donors (Lipinski definition) is 1. The lowest BCUT2D eigenvalue weighted by atomic mass is 9.63. The lowest BCUT2D eigenvalue weighted by Crippen LogP contribution is -2.39. The Morgan fingerprint density at radius 1 is 1.22 bits per heavy atom. The first-order valence-electron chi connectivity index (χ1n) is 11.5. The van der Waals surface area contributed by atoms with Crippen molar-refractivity contribution in [1.82, 2.24) is 15.0 Å². The van der Waals surface area contributed by atoms with E-state index in [9.17, 15) is 5.11 Å². The van der Waals surface area contributed by atoms with Crippen molar-refractivity contribution in [2.45, 2.75) is 56.6 Å². The third kappa shape index (κ3) is 2.67. The van der Waals surface area contributed by atoms with E-state index in [-0.39, 0.29) is 5.41 Å². The highest BCUT2D eigenvalue weighted by Crippen LogP contribution is 2.71. The molecule has 0 saturated heterocycles. The molecule has 2 saturated carbocycles. The van der Waals surface area contributed by atoms with Gasteiger partial charge in [-0.3, -0.25) is 4.68 Å². The minimum atomic E-state index is -0.707. The molecule has 1 heterocycles. The zero-order valence-electron chi connectivity index (χ0n) is 18.7. The molecule has 1 aromatic heterocycles. The molecule has 3 aromatic rings. The van der Waals surface area contributed by atoms with Crippen molar-refractivity contribution in [3.05, 3.63) is 77.5 Å². The van der Waals surface area contributed by atoms with Crippen LogP contribution in [0.4, 0.5) is 0 Å². The maximum atomic E-state index is 11.3. The number of hydrogen-bond acceptors (Lipinski definition) is 4. The lowest BCUT2D eigenvalue weighted by Gasteiger charge is -2.42. The van der Waals surface area contributed by atoms with Gasteiger partial charge in [-0.2, -0.15) is 0 Å². The van der Waals surface area contributed by atoms with Crippen LogP contribution in [0.2, 0.25) is 0 Å². The molecule has 164 valence electrons. The normalized spacial score (nSPS) is 30.3. The van der Waals surface area contributed by atoms with Crippen molar-refractivity contribution in [3.8, 4) is 17.0 Å². The van der Waals surface area contributed by atoms with Gasteiger partial charge in [0.1, 0.15) is 11.4 Å². The number of ether oxygens (including phenoxy) is 1. The fraction of sp³-hybridized carbons (Fsp3) is 0.407. The van der Waals surface area contributed by atoms with Gasteiger partial charge in [-0.1, -0.05) is 30.0 Å². The van der Waals surface area contributed by atoms with Crippen molar-refractivity contribution >= 4 is 0 Å². The van der Waals surface area contributed by atoms with Crippen LogP contribution in [0.1, 0.15) is 54.2 Å². The molecule has 5 nitrogen and oxygen atoms in total. The van der Waals surface area contributed by atoms with E-state index in [1.165, 1.54) is 16.7 Å². The van der Waals surface area contributed by atoms with Crippen molar-refractivity contribution in [3.63, 3.8) is 0 Å². The molecule has 3 aliphatic rings. The average molecular weight is 428 g/mol. The van der Waals surface area contributed by atoms with Gasteiger partial charge < -0.3 is 9.84 Å². The lowest BCUT2D eigenvalue weighted by molar-refractivity contribution is 0.00371. The molecule has 5 heteroatoms. The van der Waals surface area contributed by atoms with Crippen LogP contribution in [-0.2, 0) is 6.54 Å². The van der Waals surface area contributed by atoms with Crippen molar-refractivity contribution < 1.29 is 9.84 Å². The van der Waals surface area contributed by atoms with Crippen LogP contribution in [-0.4, -0.2) is 32.8 Å². The van der Waals surface area contributed by atoms with Gasteiger partial charge >= 0.3 is 0 Å². The third-order valence-electron chi connectivity index (χ3n) is 8.43. The number of methoxy groups -OCH3 is 1. The van der Waals surface area contributed by atoms with Gasteiger partial charge in [-0.15, -0.1) is 5.10 Å². The topological polar surface area (TPSA) is 60.2 Å². The summed E-state index contributed by atoms with van der Waals surface area (Å²) in [6, 6.07) is 14.6. The number of nitrogens with zero attached hydrogens (tertiary/aromatic N) is 3. The minimum Gasteiger partial charge on any atom is -0.497 e. The highest BCUT2D eigenvalue weighted by atomic mass is 16.5. The van der Waals surface area contributed by atoms with Crippen LogP contribution >= 0.6 is 0 Å². The molecule has 32 heavy (non-hydrogen) atoms. The number of rotatable bonds is 4. The van der Waals surface area contributed by atoms with Crippen molar-refractivity contribution in [2.75, 3.05) is 7.11 Å². The molecular formula is C27H29N3O2. The number of benzene rings is 2. The number of aryl methyl sites for hydroxylation is 1. The first kappa shape index (κ1) is 19.7. The fourth-order valence-corrected chi connectivity index (χ4v) is 6.94. The SMILES string of the molecule is C=C1C[C@]23C[C@@]1(O)CC[C@@H]2c1cccc(C)c1[C@@H]3Cn1cc(-c2ccc(OC)cc2)nn1. The monoisotopic (exact) mass is 427 g/mol. The molecule has 2 bridgehead atoms. The number of aliphatic hydroxyl groups is 1. The quantitative estimate of drug-likeness (QED) is 0.595. The Balaban J connectivity index is 1.39. The van der Waals surface area contributed by atoms with Crippen molar-refractivity contribution in [2.24, 2.45) is 5.41 Å². The van der Waals surface area contributed by atoms with Crippen LogP contribution in [0.3, 0.4) is 0 Å². The van der Waals surface area contributed by atoms with Gasteiger partial charge in [0.05, 0.1) is 25.5 Å². The highest BCUT2D eigenvalue weighted by molar-refractivity contribution is 5.59. The Labute approximate surface area is 188 Å². The van der Waals surface area contributed by atoms with Crippen LogP contribution in [0.25, 0.3) is 11.3 Å². The first-order valence-corrected chi connectivity index (χ1v) is 11.5. The van der Waals surface area contributed by atoms with Crippen LogP contribution in [0.15, 0.2) is 60.8 Å². The smallest absolute Gasteiger partial charge is 0.118 e. The third-order valence-corrected chi connectivity index (χ3v) is 8.43. The summed E-state index contributed by atoms with van der Waals surface area (Å²) >= 11 is 0. The van der Waals surface area contributed by atoms with Gasteiger partial charge in [-0.05, 0) is 90.5 Å². The van der Waals surface area contributed by atoms with E-state index >= 15 is 0 Å². The van der Waals surface area contributed by atoms with E-state index in [1.807, 2.05) is 35.1 Å². The zero-order valence-corrected chi connectivity index (χ0v) is 18.7. The molecule has 0 amide bonds. The summed E-state index contributed by atoms with van der Waals surface area (Å²) in [6.45, 7) is 7.30. The minimum absolute atomic E-state index is 0.0186. The molecule has 6 rings (SSSR count). The number of fused-ring (bicyclic) bond motifs is 3. The summed E-state index contributed by atoms with van der Waals surface area (Å²) in [5.74, 6) is 1.60. The summed E-state index contributed by atoms with van der Waals surface area (Å²) in [5.41, 5.74) is 6.49. The van der Waals surface area contributed by atoms with E-state index in [0.29, 0.717) is 11.8 Å². The standard InChI is InChI=1S/C27H29N3O2/c1-17-5-4-6-21-22-11-12-27(31)16-26(22,13-18(27)2)23(25(17)21)14-30-15-24(28-29-30)19-7-9-20(32-3)10-8-19/h4-10,15,22-23,31H,2,11-14,16H2,1,3H3/t22-,23+,26+,27+/m1/s1. The Morgan fingerprint density at radius 2 is 2.03 bits per heavy atom. The second-order valence-electron chi connectivity index (χ2n) is 10.00. The Bertz CT molecular complexity index is 1210. The summed E-state index contributed by atoms with van der Waals surface area (Å²) in [4.78, 5) is 0. The zero-order chi connectivity index (χ0) is 22.1. The summed E-state index contributed by atoms with van der Waals surface area (Å²) in [7, 11) is 1.67. The van der Waals surface area contributed by atoms with E-state index < -0.39 is 5.60 Å². The van der Waals surface area contributed by atoms with Gasteiger partial charge in [0.25, 0.3) is 0 Å². The summed E-state index contributed by atoms with van der Waals surface area (Å²) in [6.07, 6.45) is 5.60. The second kappa shape index (κ2) is 6.79. The molecule has 1 spiro atoms. The van der Waals surface area contributed by atoms with Gasteiger partial charge in [-0.25, -0.2) is 0 Å². The largest absolute Gasteiger partial charge is 0.497 e. The Hall–Kier alpha value is -2.92. The molecule has 2 fully saturated rings. The molecule has 3 aliphatic carbocycles. The summed E-state index contributed by atoms with van der Waals surface area (Å²) in [5, 5.41) is 20.3. The molecule has 2 aromatic carbocycles. The maximum Gasteiger partial charge on any atom is 0.118 e. The van der Waals surface area contributed by atoms with Gasteiger partial charge in [0.2, 0.25) is 0 Å². The molecule has 4 atom stereocenters. The van der Waals surface area contributed by atoms with Crippen molar-refractivity contribution in [1.29, 1.82) is 0 Å². The predicted molar refractivity (Wildman–Crippen MR) is 124 cm³/mol. The molecule has 0 radical (unpaired) electrons. The van der Waals surface area contributed by atoms with E-state index in [1.54, 1.807) is 7.11 Å². The Kier molecular flexibility index (Phi) is 4.19. The van der Waals surface area contributed by atoms with Crippen LogP contribution in [0.5, 0.6) is 5.75 Å². The second-order valence-corrected chi connectivity index (χ2v) is 10.00. The number of aromatic nitrogens is 3. The van der Waals surface area contributed by atoms with Crippen LogP contribution in [0, 0.1) is 12.3 Å². The molecule has 0 unspecified atom stereocenters. The highest BCUT2D eigenvalue weighted by Gasteiger charge is 2.64. The van der Waals surface area contributed by atoms with E-state index in [0.717, 1.165) is 54.8 Å². The predicted octanol–water partition coefficient (Wildman–Crippen LogP) is 5.00. The first-order chi connectivity index (χ1) is 15.4. The molecular weight excluding hydrogens is 398 g/mol. The summed E-state index contributed by atoms with van der Waals surface area (Å²) < 4.78 is 7.26. The fourth-order valence-electron chi connectivity index (χ4n) is 6.94. The van der Waals surface area contributed by atoms with E-state index in [4.69, 9.17) is 4.74 Å².